The first-order valence-electron chi connectivity index (χ1n) is 6.59. The second-order valence-electron chi connectivity index (χ2n) is 5.62. The van der Waals surface area contributed by atoms with Crippen molar-refractivity contribution in [2.24, 2.45) is 5.41 Å². The van der Waals surface area contributed by atoms with Gasteiger partial charge in [-0.05, 0) is 36.3 Å². The van der Waals surface area contributed by atoms with E-state index < -0.39 is 11.6 Å². The minimum Gasteiger partial charge on any atom is -0.207 e. The van der Waals surface area contributed by atoms with Crippen LogP contribution < -0.4 is 0 Å². The fourth-order valence-corrected chi connectivity index (χ4v) is 3.61. The molecule has 1 unspecified atom stereocenters. The van der Waals surface area contributed by atoms with Gasteiger partial charge in [0.15, 0.2) is 0 Å². The van der Waals surface area contributed by atoms with Crippen LogP contribution in [0.1, 0.15) is 44.6 Å². The Morgan fingerprint density at radius 2 is 1.89 bits per heavy atom. The van der Waals surface area contributed by atoms with E-state index in [2.05, 4.69) is 22.9 Å². The van der Waals surface area contributed by atoms with Crippen LogP contribution in [0.4, 0.5) is 8.78 Å². The molecule has 0 radical (unpaired) electrons. The third kappa shape index (κ3) is 3.11. The topological polar surface area (TPSA) is 0 Å². The molecule has 1 saturated carbocycles. The monoisotopic (exact) mass is 316 g/mol. The molecule has 1 fully saturated rings. The molecule has 0 amide bonds. The predicted molar refractivity (Wildman–Crippen MR) is 74.0 cm³/mol. The summed E-state index contributed by atoms with van der Waals surface area (Å²) >= 11 is 3.72. The minimum absolute atomic E-state index is 0.235. The van der Waals surface area contributed by atoms with E-state index in [1.165, 1.54) is 38.2 Å². The fraction of sp³-hybridized carbons (Fsp3) is 0.600. The van der Waals surface area contributed by atoms with Gasteiger partial charge in [-0.1, -0.05) is 48.2 Å². The second kappa shape index (κ2) is 5.68. The van der Waals surface area contributed by atoms with Crippen LogP contribution in [0, 0.1) is 17.0 Å². The lowest BCUT2D eigenvalue weighted by Gasteiger charge is -2.38. The standard InChI is InChI=1S/C15H19BrF2/c1-15(7-3-2-4-8-15)14(16)9-11-5-6-12(17)10-13(11)18/h5-6,10,14H,2-4,7-9H2,1H3. The van der Waals surface area contributed by atoms with Crippen molar-refractivity contribution in [2.45, 2.75) is 50.3 Å². The summed E-state index contributed by atoms with van der Waals surface area (Å²) in [4.78, 5) is 0.255. The molecule has 18 heavy (non-hydrogen) atoms. The second-order valence-corrected chi connectivity index (χ2v) is 6.73. The van der Waals surface area contributed by atoms with Gasteiger partial charge in [-0.3, -0.25) is 0 Å². The molecular formula is C15H19BrF2. The molecule has 0 bridgehead atoms. The molecule has 100 valence electrons. The summed E-state index contributed by atoms with van der Waals surface area (Å²) < 4.78 is 26.5. The molecule has 1 aromatic rings. The quantitative estimate of drug-likeness (QED) is 0.669. The normalized spacial score (nSPS) is 20.7. The lowest BCUT2D eigenvalue weighted by molar-refractivity contribution is 0.210. The Hall–Kier alpha value is -0.440. The first kappa shape index (κ1) is 14.0. The SMILES string of the molecule is CC1(C(Br)Cc2ccc(F)cc2F)CCCCC1. The lowest BCUT2D eigenvalue weighted by Crippen LogP contribution is -2.32. The van der Waals surface area contributed by atoms with Crippen molar-refractivity contribution in [1.29, 1.82) is 0 Å². The van der Waals surface area contributed by atoms with E-state index in [1.807, 2.05) is 0 Å². The van der Waals surface area contributed by atoms with Crippen LogP contribution in [0.5, 0.6) is 0 Å². The molecule has 1 aliphatic carbocycles. The van der Waals surface area contributed by atoms with E-state index in [1.54, 1.807) is 6.07 Å². The van der Waals surface area contributed by atoms with Gasteiger partial charge in [0.1, 0.15) is 11.6 Å². The van der Waals surface area contributed by atoms with Crippen LogP contribution in [0.25, 0.3) is 0 Å². The number of hydrogen-bond donors (Lipinski definition) is 0. The molecule has 2 rings (SSSR count). The predicted octanol–water partition coefficient (Wildman–Crippen LogP) is 5.24. The fourth-order valence-electron chi connectivity index (χ4n) is 2.80. The van der Waals surface area contributed by atoms with E-state index in [4.69, 9.17) is 0 Å². The molecule has 0 spiro atoms. The highest BCUT2D eigenvalue weighted by molar-refractivity contribution is 9.09. The first-order chi connectivity index (χ1) is 8.51. The van der Waals surface area contributed by atoms with Gasteiger partial charge in [0, 0.05) is 10.9 Å². The maximum absolute atomic E-state index is 13.6. The smallest absolute Gasteiger partial charge is 0.129 e. The zero-order valence-corrected chi connectivity index (χ0v) is 12.3. The van der Waals surface area contributed by atoms with Crippen LogP contribution >= 0.6 is 15.9 Å². The Labute approximate surface area is 116 Å². The van der Waals surface area contributed by atoms with E-state index in [-0.39, 0.29) is 10.2 Å². The molecule has 0 heterocycles. The Bertz CT molecular complexity index is 411. The molecule has 1 aromatic carbocycles. The van der Waals surface area contributed by atoms with Gasteiger partial charge in [0.05, 0.1) is 0 Å². The average molecular weight is 317 g/mol. The van der Waals surface area contributed by atoms with Gasteiger partial charge in [-0.15, -0.1) is 0 Å². The molecular weight excluding hydrogens is 298 g/mol. The highest BCUT2D eigenvalue weighted by Crippen LogP contribution is 2.43. The zero-order valence-electron chi connectivity index (χ0n) is 10.7. The molecule has 0 saturated heterocycles. The molecule has 0 nitrogen and oxygen atoms in total. The molecule has 1 aliphatic rings. The maximum atomic E-state index is 13.6. The zero-order chi connectivity index (χ0) is 13.2. The summed E-state index contributed by atoms with van der Waals surface area (Å²) in [6.07, 6.45) is 6.81. The van der Waals surface area contributed by atoms with Gasteiger partial charge in [0.2, 0.25) is 0 Å². The molecule has 0 aromatic heterocycles. The van der Waals surface area contributed by atoms with Gasteiger partial charge < -0.3 is 0 Å². The Balaban J connectivity index is 2.08. The number of rotatable bonds is 3. The number of alkyl halides is 1. The first-order valence-corrected chi connectivity index (χ1v) is 7.51. The van der Waals surface area contributed by atoms with Crippen molar-refractivity contribution < 1.29 is 8.78 Å². The Morgan fingerprint density at radius 1 is 1.22 bits per heavy atom. The van der Waals surface area contributed by atoms with Crippen LogP contribution in [0.15, 0.2) is 18.2 Å². The summed E-state index contributed by atoms with van der Waals surface area (Å²) in [5, 5.41) is 0. The van der Waals surface area contributed by atoms with Crippen LogP contribution in [-0.2, 0) is 6.42 Å². The van der Waals surface area contributed by atoms with Crippen LogP contribution in [-0.4, -0.2) is 4.83 Å². The Kier molecular flexibility index (Phi) is 4.41. The maximum Gasteiger partial charge on any atom is 0.129 e. The number of halogens is 3. The van der Waals surface area contributed by atoms with Crippen LogP contribution in [0.3, 0.4) is 0 Å². The van der Waals surface area contributed by atoms with E-state index in [9.17, 15) is 8.78 Å². The van der Waals surface area contributed by atoms with E-state index >= 15 is 0 Å². The van der Waals surface area contributed by atoms with Gasteiger partial charge in [0.25, 0.3) is 0 Å². The lowest BCUT2D eigenvalue weighted by atomic mass is 9.72. The summed E-state index contributed by atoms with van der Waals surface area (Å²) in [6.45, 7) is 2.27. The molecule has 0 aliphatic heterocycles. The van der Waals surface area contributed by atoms with Crippen molar-refractivity contribution >= 4 is 15.9 Å². The Morgan fingerprint density at radius 3 is 2.50 bits per heavy atom. The molecule has 0 N–H and O–H groups in total. The van der Waals surface area contributed by atoms with E-state index in [0.29, 0.717) is 12.0 Å². The highest BCUT2D eigenvalue weighted by Gasteiger charge is 2.34. The van der Waals surface area contributed by atoms with Gasteiger partial charge in [-0.25, -0.2) is 8.78 Å². The summed E-state index contributed by atoms with van der Waals surface area (Å²) in [7, 11) is 0. The van der Waals surface area contributed by atoms with Crippen molar-refractivity contribution in [1.82, 2.24) is 0 Å². The third-order valence-corrected chi connectivity index (χ3v) is 5.60. The van der Waals surface area contributed by atoms with Crippen molar-refractivity contribution in [3.8, 4) is 0 Å². The van der Waals surface area contributed by atoms with Crippen molar-refractivity contribution in [3.63, 3.8) is 0 Å². The van der Waals surface area contributed by atoms with Crippen LogP contribution in [0.2, 0.25) is 0 Å². The van der Waals surface area contributed by atoms with Gasteiger partial charge >= 0.3 is 0 Å². The largest absolute Gasteiger partial charge is 0.207 e. The summed E-state index contributed by atoms with van der Waals surface area (Å²) in [6, 6.07) is 3.87. The highest BCUT2D eigenvalue weighted by atomic mass is 79.9. The van der Waals surface area contributed by atoms with Crippen molar-refractivity contribution in [3.05, 3.63) is 35.4 Å². The summed E-state index contributed by atoms with van der Waals surface area (Å²) in [5.41, 5.74) is 0.837. The number of hydrogen-bond acceptors (Lipinski definition) is 0. The summed E-state index contributed by atoms with van der Waals surface area (Å²) in [5.74, 6) is -0.940. The van der Waals surface area contributed by atoms with Crippen molar-refractivity contribution in [2.75, 3.05) is 0 Å². The number of benzene rings is 1. The molecule has 3 heteroatoms. The van der Waals surface area contributed by atoms with Gasteiger partial charge in [-0.2, -0.15) is 0 Å². The third-order valence-electron chi connectivity index (χ3n) is 4.17. The van der Waals surface area contributed by atoms with E-state index in [0.717, 1.165) is 6.07 Å². The average Bonchev–Trinajstić information content (AvgIpc) is 2.33. The minimum atomic E-state index is -0.508. The molecule has 1 atom stereocenters.